The maximum Gasteiger partial charge on any atom is 0.344 e. The van der Waals surface area contributed by atoms with Gasteiger partial charge in [-0.05, 0) is 77.5 Å². The Labute approximate surface area is 177 Å². The van der Waals surface area contributed by atoms with Gasteiger partial charge in [0.15, 0.2) is 5.78 Å². The van der Waals surface area contributed by atoms with Gasteiger partial charge in [0, 0.05) is 15.6 Å². The fourth-order valence-electron chi connectivity index (χ4n) is 2.64. The van der Waals surface area contributed by atoms with Gasteiger partial charge in [0.1, 0.15) is 11.5 Å². The van der Waals surface area contributed by atoms with E-state index in [1.807, 2.05) is 37.3 Å². The lowest BCUT2D eigenvalue weighted by Crippen LogP contribution is -2.09. The Morgan fingerprint density at radius 3 is 2.34 bits per heavy atom. The summed E-state index contributed by atoms with van der Waals surface area (Å²) in [6.07, 6.45) is 3.23. The van der Waals surface area contributed by atoms with Crippen LogP contribution in [0.5, 0.6) is 11.5 Å². The van der Waals surface area contributed by atoms with E-state index in [4.69, 9.17) is 9.47 Å². The Morgan fingerprint density at radius 2 is 1.62 bits per heavy atom. The van der Waals surface area contributed by atoms with E-state index in [9.17, 15) is 9.59 Å². The standard InChI is InChI=1S/C24H19BrO4/c1-2-28-23-10-6-3-7-18(23)13-16-22(26)17-11-14-19(15-12-17)29-24(27)20-8-4-5-9-21(20)25/h3-16H,2H2,1H3. The average molecular weight is 451 g/mol. The van der Waals surface area contributed by atoms with Gasteiger partial charge >= 0.3 is 5.97 Å². The molecule has 0 amide bonds. The highest BCUT2D eigenvalue weighted by Crippen LogP contribution is 2.21. The van der Waals surface area contributed by atoms with Crippen LogP contribution in [0.3, 0.4) is 0 Å². The number of ketones is 1. The Kier molecular flexibility index (Phi) is 6.98. The molecule has 0 aliphatic rings. The highest BCUT2D eigenvalue weighted by Gasteiger charge is 2.12. The zero-order valence-electron chi connectivity index (χ0n) is 15.8. The van der Waals surface area contributed by atoms with Crippen LogP contribution in [0.4, 0.5) is 0 Å². The van der Waals surface area contributed by atoms with Gasteiger partial charge in [-0.25, -0.2) is 4.79 Å². The lowest BCUT2D eigenvalue weighted by atomic mass is 10.1. The maximum atomic E-state index is 12.4. The smallest absolute Gasteiger partial charge is 0.344 e. The average Bonchev–Trinajstić information content (AvgIpc) is 2.74. The molecule has 0 spiro atoms. The van der Waals surface area contributed by atoms with Crippen molar-refractivity contribution in [3.63, 3.8) is 0 Å². The fraction of sp³-hybridized carbons (Fsp3) is 0.0833. The van der Waals surface area contributed by atoms with Crippen molar-refractivity contribution in [3.05, 3.63) is 100 Å². The van der Waals surface area contributed by atoms with E-state index in [1.54, 1.807) is 48.5 Å². The molecule has 0 atom stereocenters. The first-order valence-electron chi connectivity index (χ1n) is 9.09. The molecule has 3 rings (SSSR count). The molecule has 3 aromatic rings. The Bertz CT molecular complexity index is 1040. The number of carbonyl (C=O) groups excluding carboxylic acids is 2. The van der Waals surface area contributed by atoms with Crippen LogP contribution in [0.25, 0.3) is 6.08 Å². The van der Waals surface area contributed by atoms with Crippen molar-refractivity contribution in [1.82, 2.24) is 0 Å². The van der Waals surface area contributed by atoms with Gasteiger partial charge in [0.25, 0.3) is 0 Å². The van der Waals surface area contributed by atoms with E-state index in [2.05, 4.69) is 15.9 Å². The number of allylic oxidation sites excluding steroid dienone is 1. The van der Waals surface area contributed by atoms with Crippen LogP contribution in [0.15, 0.2) is 83.3 Å². The first-order valence-corrected chi connectivity index (χ1v) is 9.89. The molecule has 29 heavy (non-hydrogen) atoms. The second-order valence-electron chi connectivity index (χ2n) is 6.06. The second kappa shape index (κ2) is 9.85. The molecule has 0 heterocycles. The number of benzene rings is 3. The molecule has 3 aromatic carbocycles. The van der Waals surface area contributed by atoms with Crippen LogP contribution in [0, 0.1) is 0 Å². The fourth-order valence-corrected chi connectivity index (χ4v) is 3.09. The predicted molar refractivity (Wildman–Crippen MR) is 117 cm³/mol. The molecule has 146 valence electrons. The Hall–Kier alpha value is -3.18. The van der Waals surface area contributed by atoms with Gasteiger partial charge in [0.2, 0.25) is 0 Å². The van der Waals surface area contributed by atoms with Crippen molar-refractivity contribution in [1.29, 1.82) is 0 Å². The summed E-state index contributed by atoms with van der Waals surface area (Å²) < 4.78 is 11.6. The van der Waals surface area contributed by atoms with E-state index >= 15 is 0 Å². The third-order valence-electron chi connectivity index (χ3n) is 4.08. The van der Waals surface area contributed by atoms with E-state index in [1.165, 1.54) is 6.08 Å². The summed E-state index contributed by atoms with van der Waals surface area (Å²) in [6.45, 7) is 2.47. The van der Waals surface area contributed by atoms with Gasteiger partial charge in [0.05, 0.1) is 12.2 Å². The van der Waals surface area contributed by atoms with Crippen molar-refractivity contribution in [2.24, 2.45) is 0 Å². The second-order valence-corrected chi connectivity index (χ2v) is 6.92. The lowest BCUT2D eigenvalue weighted by Gasteiger charge is -2.07. The molecule has 0 fully saturated rings. The third-order valence-corrected chi connectivity index (χ3v) is 4.77. The van der Waals surface area contributed by atoms with Crippen molar-refractivity contribution in [2.75, 3.05) is 6.61 Å². The largest absolute Gasteiger partial charge is 0.493 e. The van der Waals surface area contributed by atoms with Crippen LogP contribution >= 0.6 is 15.9 Å². The quantitative estimate of drug-likeness (QED) is 0.192. The normalized spacial score (nSPS) is 10.7. The van der Waals surface area contributed by atoms with Crippen LogP contribution in [0.2, 0.25) is 0 Å². The SMILES string of the molecule is CCOc1ccccc1C=CC(=O)c1ccc(OC(=O)c2ccccc2Br)cc1. The number of esters is 1. The minimum absolute atomic E-state index is 0.153. The molecule has 0 aliphatic carbocycles. The number of carbonyl (C=O) groups is 2. The predicted octanol–water partition coefficient (Wildman–Crippen LogP) is 5.96. The van der Waals surface area contributed by atoms with E-state index in [0.29, 0.717) is 28.0 Å². The highest BCUT2D eigenvalue weighted by atomic mass is 79.9. The summed E-state index contributed by atoms with van der Waals surface area (Å²) in [7, 11) is 0. The molecule has 0 aromatic heterocycles. The molecular weight excluding hydrogens is 432 g/mol. The summed E-state index contributed by atoms with van der Waals surface area (Å²) in [4.78, 5) is 24.7. The minimum atomic E-state index is -0.469. The number of para-hydroxylation sites is 1. The molecule has 0 N–H and O–H groups in total. The molecule has 0 radical (unpaired) electrons. The first kappa shape index (κ1) is 20.6. The zero-order chi connectivity index (χ0) is 20.6. The summed E-state index contributed by atoms with van der Waals surface area (Å²) in [5.41, 5.74) is 1.76. The highest BCUT2D eigenvalue weighted by molar-refractivity contribution is 9.10. The van der Waals surface area contributed by atoms with E-state index in [0.717, 1.165) is 11.3 Å². The monoisotopic (exact) mass is 450 g/mol. The number of halogens is 1. The lowest BCUT2D eigenvalue weighted by molar-refractivity contribution is 0.0733. The van der Waals surface area contributed by atoms with E-state index in [-0.39, 0.29) is 5.78 Å². The molecule has 0 unspecified atom stereocenters. The molecule has 0 aliphatic heterocycles. The van der Waals surface area contributed by atoms with Crippen molar-refractivity contribution in [3.8, 4) is 11.5 Å². The Morgan fingerprint density at radius 1 is 0.931 bits per heavy atom. The topological polar surface area (TPSA) is 52.6 Å². The molecular formula is C24H19BrO4. The van der Waals surface area contributed by atoms with E-state index < -0.39 is 5.97 Å². The molecule has 0 saturated heterocycles. The van der Waals surface area contributed by atoms with Crippen molar-refractivity contribution in [2.45, 2.75) is 6.92 Å². The minimum Gasteiger partial charge on any atom is -0.493 e. The van der Waals surface area contributed by atoms with Crippen molar-refractivity contribution >= 4 is 33.8 Å². The Balaban J connectivity index is 1.68. The number of rotatable bonds is 7. The third kappa shape index (κ3) is 5.42. The van der Waals surface area contributed by atoms with Crippen LogP contribution in [-0.4, -0.2) is 18.4 Å². The van der Waals surface area contributed by atoms with Gasteiger partial charge in [-0.2, -0.15) is 0 Å². The van der Waals surface area contributed by atoms with Crippen LogP contribution < -0.4 is 9.47 Å². The summed E-state index contributed by atoms with van der Waals surface area (Å²) >= 11 is 3.33. The maximum absolute atomic E-state index is 12.4. The summed E-state index contributed by atoms with van der Waals surface area (Å²) in [6, 6.07) is 21.0. The van der Waals surface area contributed by atoms with Gasteiger partial charge in [-0.1, -0.05) is 30.3 Å². The summed E-state index contributed by atoms with van der Waals surface area (Å²) in [5, 5.41) is 0. The van der Waals surface area contributed by atoms with Crippen molar-refractivity contribution < 1.29 is 19.1 Å². The summed E-state index contributed by atoms with van der Waals surface area (Å²) in [5.74, 6) is 0.477. The zero-order valence-corrected chi connectivity index (χ0v) is 17.4. The number of hydrogen-bond donors (Lipinski definition) is 0. The number of ether oxygens (including phenoxy) is 2. The van der Waals surface area contributed by atoms with Crippen LogP contribution in [0.1, 0.15) is 33.2 Å². The van der Waals surface area contributed by atoms with Crippen LogP contribution in [-0.2, 0) is 0 Å². The number of hydrogen-bond acceptors (Lipinski definition) is 4. The van der Waals surface area contributed by atoms with Gasteiger partial charge < -0.3 is 9.47 Å². The molecule has 4 nitrogen and oxygen atoms in total. The molecule has 5 heteroatoms. The molecule has 0 bridgehead atoms. The molecule has 0 saturated carbocycles. The first-order chi connectivity index (χ1) is 14.1. The van der Waals surface area contributed by atoms with Gasteiger partial charge in [-0.3, -0.25) is 4.79 Å². The van der Waals surface area contributed by atoms with Gasteiger partial charge in [-0.15, -0.1) is 0 Å².